The molecular weight excluding hydrogens is 242 g/mol. The van der Waals surface area contributed by atoms with E-state index in [-0.39, 0.29) is 0 Å². The van der Waals surface area contributed by atoms with E-state index in [0.29, 0.717) is 17.5 Å². The summed E-state index contributed by atoms with van der Waals surface area (Å²) in [4.78, 5) is 0. The minimum atomic E-state index is 0.340. The van der Waals surface area contributed by atoms with Crippen LogP contribution >= 0.6 is 0 Å². The van der Waals surface area contributed by atoms with Gasteiger partial charge in [-0.15, -0.1) is 0 Å². The largest absolute Gasteiger partial charge is 0.307 e. The molecular formula is C19H29N. The fourth-order valence-electron chi connectivity index (χ4n) is 4.34. The van der Waals surface area contributed by atoms with E-state index in [1.807, 2.05) is 0 Å². The smallest absolute Gasteiger partial charge is 0.0379 e. The van der Waals surface area contributed by atoms with E-state index in [0.717, 1.165) is 5.92 Å². The molecule has 1 unspecified atom stereocenters. The zero-order valence-corrected chi connectivity index (χ0v) is 13.3. The Labute approximate surface area is 124 Å². The first-order valence-corrected chi connectivity index (χ1v) is 8.42. The lowest BCUT2D eigenvalue weighted by Crippen LogP contribution is -2.41. The Morgan fingerprint density at radius 3 is 2.55 bits per heavy atom. The Morgan fingerprint density at radius 2 is 1.80 bits per heavy atom. The van der Waals surface area contributed by atoms with Gasteiger partial charge in [0.05, 0.1) is 0 Å². The summed E-state index contributed by atoms with van der Waals surface area (Å²) < 4.78 is 0. The zero-order valence-electron chi connectivity index (χ0n) is 13.3. The summed E-state index contributed by atoms with van der Waals surface area (Å²) in [6.45, 7) is 7.24. The van der Waals surface area contributed by atoms with Gasteiger partial charge in [-0.2, -0.15) is 0 Å². The molecule has 0 radical (unpaired) electrons. The summed E-state index contributed by atoms with van der Waals surface area (Å²) in [5.41, 5.74) is 3.43. The first-order chi connectivity index (χ1) is 9.58. The van der Waals surface area contributed by atoms with Gasteiger partial charge in [0.2, 0.25) is 0 Å². The van der Waals surface area contributed by atoms with Gasteiger partial charge >= 0.3 is 0 Å². The van der Waals surface area contributed by atoms with Crippen molar-refractivity contribution in [2.45, 2.75) is 71.4 Å². The van der Waals surface area contributed by atoms with Crippen LogP contribution in [-0.2, 0) is 6.42 Å². The molecule has 2 aliphatic carbocycles. The second kappa shape index (κ2) is 5.52. The summed E-state index contributed by atoms with van der Waals surface area (Å²) in [7, 11) is 0. The molecule has 110 valence electrons. The highest BCUT2D eigenvalue weighted by Gasteiger charge is 2.39. The predicted molar refractivity (Wildman–Crippen MR) is 85.8 cm³/mol. The molecule has 0 amide bonds. The lowest BCUT2D eigenvalue weighted by Gasteiger charge is -2.36. The van der Waals surface area contributed by atoms with E-state index < -0.39 is 0 Å². The molecule has 0 aliphatic heterocycles. The summed E-state index contributed by atoms with van der Waals surface area (Å²) in [5, 5.41) is 4.00. The van der Waals surface area contributed by atoms with Crippen molar-refractivity contribution in [3.05, 3.63) is 35.4 Å². The van der Waals surface area contributed by atoms with Crippen molar-refractivity contribution in [3.63, 3.8) is 0 Å². The maximum atomic E-state index is 4.00. The van der Waals surface area contributed by atoms with E-state index in [1.54, 1.807) is 11.1 Å². The highest BCUT2D eigenvalue weighted by molar-refractivity contribution is 5.37. The molecule has 1 N–H and O–H groups in total. The van der Waals surface area contributed by atoms with Crippen LogP contribution in [0.1, 0.15) is 70.0 Å². The van der Waals surface area contributed by atoms with Gasteiger partial charge in [-0.05, 0) is 48.6 Å². The van der Waals surface area contributed by atoms with Gasteiger partial charge in [-0.3, -0.25) is 0 Å². The van der Waals surface area contributed by atoms with Gasteiger partial charge in [-0.1, -0.05) is 57.4 Å². The molecule has 0 aromatic heterocycles. The Morgan fingerprint density at radius 1 is 1.10 bits per heavy atom. The van der Waals surface area contributed by atoms with Crippen LogP contribution in [0.2, 0.25) is 0 Å². The van der Waals surface area contributed by atoms with E-state index in [2.05, 4.69) is 50.4 Å². The van der Waals surface area contributed by atoms with Gasteiger partial charge in [0.1, 0.15) is 0 Å². The van der Waals surface area contributed by atoms with Gasteiger partial charge in [-0.25, -0.2) is 0 Å². The lowest BCUT2D eigenvalue weighted by atomic mass is 9.81. The van der Waals surface area contributed by atoms with Crippen molar-refractivity contribution in [2.75, 3.05) is 0 Å². The normalized spacial score (nSPS) is 27.2. The minimum absolute atomic E-state index is 0.340. The fourth-order valence-corrected chi connectivity index (χ4v) is 4.34. The molecule has 1 aromatic rings. The molecule has 1 heteroatoms. The lowest BCUT2D eigenvalue weighted by molar-refractivity contribution is 0.203. The first-order valence-electron chi connectivity index (χ1n) is 8.42. The molecule has 0 bridgehead atoms. The Balaban J connectivity index is 1.75. The third kappa shape index (κ3) is 2.65. The average Bonchev–Trinajstić information content (AvgIpc) is 2.70. The molecule has 0 spiro atoms. The second-order valence-corrected chi connectivity index (χ2v) is 7.65. The highest BCUT2D eigenvalue weighted by atomic mass is 15.0. The van der Waals surface area contributed by atoms with Crippen molar-refractivity contribution in [3.8, 4) is 0 Å². The van der Waals surface area contributed by atoms with E-state index in [4.69, 9.17) is 0 Å². The topological polar surface area (TPSA) is 12.0 Å². The molecule has 1 nitrogen and oxygen atoms in total. The quantitative estimate of drug-likeness (QED) is 0.827. The number of rotatable bonds is 3. The predicted octanol–water partition coefficient (Wildman–Crippen LogP) is 4.87. The summed E-state index contributed by atoms with van der Waals surface area (Å²) in [6, 6.07) is 10.2. The van der Waals surface area contributed by atoms with Crippen LogP contribution in [0.3, 0.4) is 0 Å². The van der Waals surface area contributed by atoms with Gasteiger partial charge in [0.25, 0.3) is 0 Å². The van der Waals surface area contributed by atoms with E-state index >= 15 is 0 Å². The zero-order chi connectivity index (χ0) is 14.2. The maximum Gasteiger partial charge on any atom is 0.0379 e. The summed E-state index contributed by atoms with van der Waals surface area (Å²) >= 11 is 0. The molecule has 20 heavy (non-hydrogen) atoms. The number of hydrogen-bond acceptors (Lipinski definition) is 1. The molecule has 0 heterocycles. The maximum absolute atomic E-state index is 4.00. The molecule has 2 aliphatic rings. The van der Waals surface area contributed by atoms with Crippen molar-refractivity contribution < 1.29 is 0 Å². The van der Waals surface area contributed by atoms with Gasteiger partial charge in [0.15, 0.2) is 0 Å². The average molecular weight is 271 g/mol. The Hall–Kier alpha value is -0.820. The third-order valence-electron chi connectivity index (χ3n) is 5.58. The molecule has 2 atom stereocenters. The molecule has 1 fully saturated rings. The number of nitrogens with one attached hydrogen (secondary N) is 1. The van der Waals surface area contributed by atoms with E-state index in [1.165, 1.54) is 38.5 Å². The molecule has 0 saturated heterocycles. The number of hydrogen-bond donors (Lipinski definition) is 1. The number of fused-ring (bicyclic) bond motifs is 1. The fraction of sp³-hybridized carbons (Fsp3) is 0.684. The van der Waals surface area contributed by atoms with E-state index in [9.17, 15) is 0 Å². The Kier molecular flexibility index (Phi) is 3.90. The van der Waals surface area contributed by atoms with Crippen LogP contribution in [0.5, 0.6) is 0 Å². The van der Waals surface area contributed by atoms with Crippen molar-refractivity contribution in [2.24, 2.45) is 11.3 Å². The van der Waals surface area contributed by atoms with Crippen LogP contribution in [0.15, 0.2) is 24.3 Å². The van der Waals surface area contributed by atoms with Crippen LogP contribution in [0.25, 0.3) is 0 Å². The van der Waals surface area contributed by atoms with Crippen molar-refractivity contribution >= 4 is 0 Å². The van der Waals surface area contributed by atoms with Gasteiger partial charge in [0, 0.05) is 12.1 Å². The SMILES string of the molecule is C[C@H](NC1c2ccccc2CC1(C)C)C1CCCCC1. The van der Waals surface area contributed by atoms with Crippen LogP contribution in [-0.4, -0.2) is 6.04 Å². The molecule has 3 rings (SSSR count). The summed E-state index contributed by atoms with van der Waals surface area (Å²) in [6.07, 6.45) is 8.35. The van der Waals surface area contributed by atoms with Crippen LogP contribution in [0.4, 0.5) is 0 Å². The first kappa shape index (κ1) is 14.1. The van der Waals surface area contributed by atoms with Gasteiger partial charge < -0.3 is 5.32 Å². The van der Waals surface area contributed by atoms with Crippen molar-refractivity contribution in [1.29, 1.82) is 0 Å². The molecule has 1 saturated carbocycles. The highest BCUT2D eigenvalue weighted by Crippen LogP contribution is 2.45. The summed E-state index contributed by atoms with van der Waals surface area (Å²) in [5.74, 6) is 0.882. The van der Waals surface area contributed by atoms with Crippen LogP contribution < -0.4 is 5.32 Å². The minimum Gasteiger partial charge on any atom is -0.307 e. The Bertz CT molecular complexity index is 457. The van der Waals surface area contributed by atoms with Crippen molar-refractivity contribution in [1.82, 2.24) is 5.32 Å². The van der Waals surface area contributed by atoms with Crippen LogP contribution in [0, 0.1) is 11.3 Å². The monoisotopic (exact) mass is 271 g/mol. The second-order valence-electron chi connectivity index (χ2n) is 7.65. The third-order valence-corrected chi connectivity index (χ3v) is 5.58. The standard InChI is InChI=1S/C19H29N/c1-14(15-9-5-4-6-10-15)20-18-17-12-8-7-11-16(17)13-19(18,2)3/h7-8,11-12,14-15,18,20H,4-6,9-10,13H2,1-3H3/t14-,18?/m0/s1. The number of benzene rings is 1. The molecule has 1 aromatic carbocycles.